The molecule has 2 heterocycles. The number of rotatable bonds is 4. The summed E-state index contributed by atoms with van der Waals surface area (Å²) in [7, 11) is 0. The Bertz CT molecular complexity index is 701. The summed E-state index contributed by atoms with van der Waals surface area (Å²) in [5.41, 5.74) is 3.79. The second-order valence-corrected chi connectivity index (χ2v) is 7.36. The molecule has 0 bridgehead atoms. The Kier molecular flexibility index (Phi) is 4.88. The fourth-order valence-electron chi connectivity index (χ4n) is 4.31. The molecule has 0 spiro atoms. The van der Waals surface area contributed by atoms with Gasteiger partial charge in [0.05, 0.1) is 25.6 Å². The van der Waals surface area contributed by atoms with E-state index in [0.717, 1.165) is 51.3 Å². The minimum Gasteiger partial charge on any atom is -0.393 e. The van der Waals surface area contributed by atoms with E-state index in [4.69, 9.17) is 4.74 Å². The van der Waals surface area contributed by atoms with Crippen molar-refractivity contribution in [3.8, 4) is 5.69 Å². The van der Waals surface area contributed by atoms with Gasteiger partial charge in [-0.05, 0) is 43.0 Å². The van der Waals surface area contributed by atoms with Gasteiger partial charge in [-0.15, -0.1) is 0 Å². The number of nitrogens with zero attached hydrogens (tertiary/aromatic N) is 3. The number of ether oxygens (including phenoxy) is 1. The third-order valence-electron chi connectivity index (χ3n) is 5.81. The molecule has 1 aliphatic heterocycles. The van der Waals surface area contributed by atoms with E-state index in [2.05, 4.69) is 35.0 Å². The minimum atomic E-state index is -0.168. The first-order chi connectivity index (χ1) is 12.2. The van der Waals surface area contributed by atoms with Crippen molar-refractivity contribution in [3.63, 3.8) is 0 Å². The maximum atomic E-state index is 10.3. The summed E-state index contributed by atoms with van der Waals surface area (Å²) in [4.78, 5) is 6.64. The second-order valence-electron chi connectivity index (χ2n) is 7.36. The summed E-state index contributed by atoms with van der Waals surface area (Å²) in [5.74, 6) is 0.353. The number of benzene rings is 1. The first kappa shape index (κ1) is 16.8. The lowest BCUT2D eigenvalue weighted by Gasteiger charge is -2.40. The summed E-state index contributed by atoms with van der Waals surface area (Å²) in [6, 6.07) is 6.93. The van der Waals surface area contributed by atoms with Crippen LogP contribution >= 0.6 is 0 Å². The molecular weight excluding hydrogens is 314 g/mol. The van der Waals surface area contributed by atoms with Gasteiger partial charge in [0.2, 0.25) is 0 Å². The highest BCUT2D eigenvalue weighted by Crippen LogP contribution is 2.33. The monoisotopic (exact) mass is 341 g/mol. The van der Waals surface area contributed by atoms with Crippen LogP contribution in [0.2, 0.25) is 0 Å². The van der Waals surface area contributed by atoms with Gasteiger partial charge in [0.15, 0.2) is 0 Å². The number of morpholine rings is 1. The molecule has 1 aromatic heterocycles. The van der Waals surface area contributed by atoms with Gasteiger partial charge < -0.3 is 14.4 Å². The van der Waals surface area contributed by atoms with Crippen molar-refractivity contribution in [1.82, 2.24) is 14.5 Å². The fourth-order valence-corrected chi connectivity index (χ4v) is 4.31. The second kappa shape index (κ2) is 7.28. The van der Waals surface area contributed by atoms with E-state index in [1.54, 1.807) is 6.20 Å². The van der Waals surface area contributed by atoms with Crippen molar-refractivity contribution in [1.29, 1.82) is 0 Å². The van der Waals surface area contributed by atoms with Crippen molar-refractivity contribution in [2.75, 3.05) is 19.8 Å². The van der Waals surface area contributed by atoms with Crippen LogP contribution < -0.4 is 0 Å². The average molecular weight is 341 g/mol. The molecule has 5 heteroatoms. The largest absolute Gasteiger partial charge is 0.393 e. The van der Waals surface area contributed by atoms with Crippen molar-refractivity contribution >= 4 is 0 Å². The molecule has 3 atom stereocenters. The summed E-state index contributed by atoms with van der Waals surface area (Å²) >= 11 is 0. The molecule has 4 rings (SSSR count). The van der Waals surface area contributed by atoms with Crippen molar-refractivity contribution in [2.24, 2.45) is 5.92 Å². The summed E-state index contributed by atoms with van der Waals surface area (Å²) in [6.45, 7) is 5.57. The Morgan fingerprint density at radius 1 is 1.32 bits per heavy atom. The van der Waals surface area contributed by atoms with E-state index < -0.39 is 0 Å². The smallest absolute Gasteiger partial charge is 0.0991 e. The van der Waals surface area contributed by atoms with Crippen molar-refractivity contribution in [3.05, 3.63) is 48.0 Å². The molecule has 0 unspecified atom stereocenters. The molecule has 2 aromatic rings. The van der Waals surface area contributed by atoms with E-state index in [1.807, 2.05) is 17.1 Å². The molecule has 1 saturated carbocycles. The predicted molar refractivity (Wildman–Crippen MR) is 96.7 cm³/mol. The lowest BCUT2D eigenvalue weighted by molar-refractivity contribution is -0.0537. The standard InChI is InChI=1S/C20H27N3O2/c1-15-11-17(23-8-7-21-14-23)6-5-16(15)12-22-9-10-25-13-19(22)18-3-2-4-20(18)24/h5-8,11,14,18-20,24H,2-4,9-10,12-13H2,1H3/t18-,19-,20-/m1/s1. The van der Waals surface area contributed by atoms with Crippen LogP contribution in [0.3, 0.4) is 0 Å². The van der Waals surface area contributed by atoms with Crippen LogP contribution in [0.15, 0.2) is 36.9 Å². The Morgan fingerprint density at radius 3 is 2.96 bits per heavy atom. The first-order valence-corrected chi connectivity index (χ1v) is 9.30. The van der Waals surface area contributed by atoms with Gasteiger partial charge in [0.25, 0.3) is 0 Å². The van der Waals surface area contributed by atoms with Crippen molar-refractivity contribution in [2.45, 2.75) is 44.9 Å². The first-order valence-electron chi connectivity index (χ1n) is 9.30. The quantitative estimate of drug-likeness (QED) is 0.928. The van der Waals surface area contributed by atoms with Gasteiger partial charge >= 0.3 is 0 Å². The summed E-state index contributed by atoms with van der Waals surface area (Å²) in [5, 5.41) is 10.3. The van der Waals surface area contributed by atoms with E-state index in [-0.39, 0.29) is 6.10 Å². The molecule has 2 fully saturated rings. The van der Waals surface area contributed by atoms with Gasteiger partial charge in [-0.2, -0.15) is 0 Å². The zero-order valence-electron chi connectivity index (χ0n) is 14.8. The number of aryl methyl sites for hydroxylation is 1. The van der Waals surface area contributed by atoms with E-state index in [9.17, 15) is 5.11 Å². The third-order valence-corrected chi connectivity index (χ3v) is 5.81. The average Bonchev–Trinajstić information content (AvgIpc) is 3.29. The number of aliphatic hydroxyl groups is 1. The van der Waals surface area contributed by atoms with Crippen LogP contribution in [-0.2, 0) is 11.3 Å². The molecular formula is C20H27N3O2. The highest BCUT2D eigenvalue weighted by molar-refractivity contribution is 5.40. The Morgan fingerprint density at radius 2 is 2.24 bits per heavy atom. The van der Waals surface area contributed by atoms with Gasteiger partial charge in [-0.3, -0.25) is 4.90 Å². The van der Waals surface area contributed by atoms with E-state index in [0.29, 0.717) is 12.0 Å². The fraction of sp³-hybridized carbons (Fsp3) is 0.550. The van der Waals surface area contributed by atoms with Crippen LogP contribution in [0.4, 0.5) is 0 Å². The van der Waals surface area contributed by atoms with Gasteiger partial charge in [-0.25, -0.2) is 4.98 Å². The molecule has 0 amide bonds. The van der Waals surface area contributed by atoms with Gasteiger partial charge in [0.1, 0.15) is 0 Å². The topological polar surface area (TPSA) is 50.5 Å². The number of imidazole rings is 1. The Labute approximate surface area is 149 Å². The molecule has 1 aliphatic carbocycles. The number of hydrogen-bond acceptors (Lipinski definition) is 4. The van der Waals surface area contributed by atoms with E-state index in [1.165, 1.54) is 11.1 Å². The summed E-state index contributed by atoms with van der Waals surface area (Å²) in [6.07, 6.45) is 8.61. The van der Waals surface area contributed by atoms with E-state index >= 15 is 0 Å². The van der Waals surface area contributed by atoms with Gasteiger partial charge in [-0.1, -0.05) is 12.5 Å². The van der Waals surface area contributed by atoms with Crippen LogP contribution in [0.5, 0.6) is 0 Å². The molecule has 1 aromatic carbocycles. The SMILES string of the molecule is Cc1cc(-n2ccnc2)ccc1CN1CCOC[C@@H]1[C@H]1CCC[C@H]1O. The lowest BCUT2D eigenvalue weighted by atomic mass is 9.93. The highest BCUT2D eigenvalue weighted by atomic mass is 16.5. The van der Waals surface area contributed by atoms with Crippen LogP contribution in [0.1, 0.15) is 30.4 Å². The lowest BCUT2D eigenvalue weighted by Crippen LogP contribution is -2.50. The molecule has 25 heavy (non-hydrogen) atoms. The highest BCUT2D eigenvalue weighted by Gasteiger charge is 2.37. The molecule has 2 aliphatic rings. The third kappa shape index (κ3) is 3.50. The maximum absolute atomic E-state index is 10.3. The van der Waals surface area contributed by atoms with Crippen LogP contribution in [-0.4, -0.2) is 51.5 Å². The number of hydrogen-bond donors (Lipinski definition) is 1. The zero-order valence-corrected chi connectivity index (χ0v) is 14.8. The maximum Gasteiger partial charge on any atom is 0.0991 e. The minimum absolute atomic E-state index is 0.168. The Balaban J connectivity index is 1.51. The van der Waals surface area contributed by atoms with Gasteiger partial charge in [0, 0.05) is 43.1 Å². The zero-order chi connectivity index (χ0) is 17.2. The van der Waals surface area contributed by atoms with Crippen molar-refractivity contribution < 1.29 is 9.84 Å². The molecule has 5 nitrogen and oxygen atoms in total. The van der Waals surface area contributed by atoms with Crippen LogP contribution in [0, 0.1) is 12.8 Å². The van der Waals surface area contributed by atoms with Crippen LogP contribution in [0.25, 0.3) is 5.69 Å². The molecule has 1 N–H and O–H groups in total. The molecule has 0 radical (unpaired) electrons. The number of aliphatic hydroxyl groups excluding tert-OH is 1. The summed E-state index contributed by atoms with van der Waals surface area (Å²) < 4.78 is 7.78. The normalized spacial score (nSPS) is 27.7. The number of aromatic nitrogens is 2. The molecule has 1 saturated heterocycles. The Hall–Kier alpha value is -1.69. The molecule has 134 valence electrons. The predicted octanol–water partition coefficient (Wildman–Crippen LogP) is 2.54.